The minimum Gasteiger partial charge on any atom is -0.394 e. The molecule has 1 unspecified atom stereocenters. The van der Waals surface area contributed by atoms with Gasteiger partial charge in [0.2, 0.25) is 0 Å². The minimum atomic E-state index is -0.475. The van der Waals surface area contributed by atoms with E-state index in [9.17, 15) is 10.2 Å². The van der Waals surface area contributed by atoms with Gasteiger partial charge < -0.3 is 14.9 Å². The Labute approximate surface area is 181 Å². The molecule has 2 heterocycles. The Morgan fingerprint density at radius 1 is 1.03 bits per heavy atom. The standard InChI is InChI=1S/C24H25ClN2O3/c1-15-2-9-23(27-26-15)17-5-3-16(4-6-17)10-19-11-18(7-8-22(19)25)24-13-20(29)12-21(14-28)30-24/h2-9,11,20-21,24,28-29H,10,12-14H2,1H3/t20?,21-,24+/m0/s1. The average Bonchev–Trinajstić information content (AvgIpc) is 2.76. The third-order valence-corrected chi connectivity index (χ3v) is 5.83. The highest BCUT2D eigenvalue weighted by Crippen LogP contribution is 2.33. The zero-order chi connectivity index (χ0) is 21.1. The van der Waals surface area contributed by atoms with Crippen LogP contribution in [0.25, 0.3) is 11.3 Å². The summed E-state index contributed by atoms with van der Waals surface area (Å²) in [5, 5.41) is 28.6. The molecule has 1 fully saturated rings. The van der Waals surface area contributed by atoms with Crippen molar-refractivity contribution in [2.24, 2.45) is 0 Å². The molecule has 30 heavy (non-hydrogen) atoms. The number of ether oxygens (including phenoxy) is 1. The second kappa shape index (κ2) is 9.23. The van der Waals surface area contributed by atoms with Crippen LogP contribution in [0.5, 0.6) is 0 Å². The Balaban J connectivity index is 1.51. The number of hydrogen-bond donors (Lipinski definition) is 2. The van der Waals surface area contributed by atoms with Gasteiger partial charge in [-0.25, -0.2) is 0 Å². The Kier molecular flexibility index (Phi) is 6.44. The van der Waals surface area contributed by atoms with Gasteiger partial charge in [-0.3, -0.25) is 0 Å². The molecule has 2 N–H and O–H groups in total. The van der Waals surface area contributed by atoms with E-state index in [-0.39, 0.29) is 18.8 Å². The van der Waals surface area contributed by atoms with Gasteiger partial charge in [0.05, 0.1) is 36.3 Å². The summed E-state index contributed by atoms with van der Waals surface area (Å²) in [4.78, 5) is 0. The molecular weight excluding hydrogens is 400 g/mol. The first-order chi connectivity index (χ1) is 14.5. The van der Waals surface area contributed by atoms with Gasteiger partial charge in [0.1, 0.15) is 0 Å². The number of benzene rings is 2. The van der Waals surface area contributed by atoms with Crippen LogP contribution in [0.4, 0.5) is 0 Å². The first-order valence-electron chi connectivity index (χ1n) is 10.1. The molecule has 0 saturated carbocycles. The van der Waals surface area contributed by atoms with Gasteiger partial charge in [-0.15, -0.1) is 0 Å². The van der Waals surface area contributed by atoms with Crippen LogP contribution in [0.15, 0.2) is 54.6 Å². The molecule has 5 nitrogen and oxygen atoms in total. The number of nitrogens with zero attached hydrogens (tertiary/aromatic N) is 2. The van der Waals surface area contributed by atoms with E-state index in [0.29, 0.717) is 24.3 Å². The van der Waals surface area contributed by atoms with Gasteiger partial charge in [0.25, 0.3) is 0 Å². The molecule has 4 rings (SSSR count). The van der Waals surface area contributed by atoms with Gasteiger partial charge in [0, 0.05) is 23.4 Å². The van der Waals surface area contributed by atoms with Gasteiger partial charge in [-0.05, 0) is 48.2 Å². The quantitative estimate of drug-likeness (QED) is 0.639. The zero-order valence-corrected chi connectivity index (χ0v) is 17.6. The molecule has 0 aliphatic carbocycles. The predicted molar refractivity (Wildman–Crippen MR) is 116 cm³/mol. The zero-order valence-electron chi connectivity index (χ0n) is 16.8. The summed E-state index contributed by atoms with van der Waals surface area (Å²) in [5.74, 6) is 0. The lowest BCUT2D eigenvalue weighted by molar-refractivity contribution is -0.113. The van der Waals surface area contributed by atoms with Gasteiger partial charge >= 0.3 is 0 Å². The van der Waals surface area contributed by atoms with Crippen LogP contribution in [-0.2, 0) is 11.2 Å². The smallest absolute Gasteiger partial charge is 0.0929 e. The van der Waals surface area contributed by atoms with E-state index >= 15 is 0 Å². The molecule has 2 aromatic carbocycles. The largest absolute Gasteiger partial charge is 0.394 e. The first-order valence-corrected chi connectivity index (χ1v) is 10.5. The van der Waals surface area contributed by atoms with Crippen molar-refractivity contribution in [1.82, 2.24) is 10.2 Å². The van der Waals surface area contributed by atoms with Crippen molar-refractivity contribution in [3.8, 4) is 11.3 Å². The van der Waals surface area contributed by atoms with Gasteiger partial charge in [0.15, 0.2) is 0 Å². The van der Waals surface area contributed by atoms with Crippen molar-refractivity contribution in [3.05, 3.63) is 82.0 Å². The Morgan fingerprint density at radius 3 is 2.53 bits per heavy atom. The fourth-order valence-electron chi connectivity index (χ4n) is 3.82. The summed E-state index contributed by atoms with van der Waals surface area (Å²) in [7, 11) is 0. The normalized spacial score (nSPS) is 21.5. The maximum atomic E-state index is 10.1. The molecule has 3 aromatic rings. The number of hydrogen-bond acceptors (Lipinski definition) is 5. The second-order valence-electron chi connectivity index (χ2n) is 7.84. The van der Waals surface area contributed by atoms with Crippen molar-refractivity contribution in [3.63, 3.8) is 0 Å². The van der Waals surface area contributed by atoms with Crippen LogP contribution < -0.4 is 0 Å². The van der Waals surface area contributed by atoms with E-state index in [0.717, 1.165) is 33.6 Å². The molecule has 156 valence electrons. The van der Waals surface area contributed by atoms with Crippen molar-refractivity contribution >= 4 is 11.6 Å². The lowest BCUT2D eigenvalue weighted by atomic mass is 9.94. The number of halogens is 1. The monoisotopic (exact) mass is 424 g/mol. The molecule has 0 amide bonds. The molecule has 0 bridgehead atoms. The molecule has 3 atom stereocenters. The van der Waals surface area contributed by atoms with Crippen LogP contribution in [-0.4, -0.2) is 39.2 Å². The third kappa shape index (κ3) is 4.87. The van der Waals surface area contributed by atoms with E-state index < -0.39 is 6.10 Å². The number of aliphatic hydroxyl groups excluding tert-OH is 2. The van der Waals surface area contributed by atoms with Crippen LogP contribution in [0, 0.1) is 6.92 Å². The van der Waals surface area contributed by atoms with Crippen molar-refractivity contribution in [1.29, 1.82) is 0 Å². The summed E-state index contributed by atoms with van der Waals surface area (Å²) < 4.78 is 5.94. The highest BCUT2D eigenvalue weighted by atomic mass is 35.5. The van der Waals surface area contributed by atoms with Gasteiger partial charge in [-0.2, -0.15) is 10.2 Å². The van der Waals surface area contributed by atoms with Crippen LogP contribution >= 0.6 is 11.6 Å². The van der Waals surface area contributed by atoms with Crippen LogP contribution in [0.2, 0.25) is 5.02 Å². The fourth-order valence-corrected chi connectivity index (χ4v) is 4.00. The van der Waals surface area contributed by atoms with Crippen LogP contribution in [0.1, 0.15) is 41.3 Å². The number of aromatic nitrogens is 2. The van der Waals surface area contributed by atoms with E-state index in [1.54, 1.807) is 0 Å². The third-order valence-electron chi connectivity index (χ3n) is 5.47. The lowest BCUT2D eigenvalue weighted by Gasteiger charge is -2.32. The summed E-state index contributed by atoms with van der Waals surface area (Å²) in [5.41, 5.74) is 5.86. The number of aryl methyl sites for hydroxylation is 1. The average molecular weight is 425 g/mol. The molecule has 1 aromatic heterocycles. The maximum Gasteiger partial charge on any atom is 0.0929 e. The molecule has 0 spiro atoms. The second-order valence-corrected chi connectivity index (χ2v) is 8.25. The topological polar surface area (TPSA) is 75.5 Å². The van der Waals surface area contributed by atoms with Crippen molar-refractivity contribution in [2.75, 3.05) is 6.61 Å². The summed E-state index contributed by atoms with van der Waals surface area (Å²) >= 11 is 6.46. The molecular formula is C24H25ClN2O3. The van der Waals surface area contributed by atoms with E-state index in [4.69, 9.17) is 16.3 Å². The number of aliphatic hydroxyl groups is 2. The van der Waals surface area contributed by atoms with Crippen molar-refractivity contribution in [2.45, 2.75) is 44.5 Å². The fraction of sp³-hybridized carbons (Fsp3) is 0.333. The molecule has 1 aliphatic rings. The summed E-state index contributed by atoms with van der Waals surface area (Å²) in [6.45, 7) is 1.83. The molecule has 1 saturated heterocycles. The maximum absolute atomic E-state index is 10.1. The SMILES string of the molecule is Cc1ccc(-c2ccc(Cc3cc([C@H]4CC(O)C[C@@H](CO)O4)ccc3Cl)cc2)nn1. The van der Waals surface area contributed by atoms with Crippen LogP contribution in [0.3, 0.4) is 0 Å². The Morgan fingerprint density at radius 2 is 1.83 bits per heavy atom. The number of rotatable bonds is 5. The summed E-state index contributed by atoms with van der Waals surface area (Å²) in [6, 6.07) is 18.0. The van der Waals surface area contributed by atoms with E-state index in [1.165, 1.54) is 0 Å². The first kappa shape index (κ1) is 20.9. The highest BCUT2D eigenvalue weighted by Gasteiger charge is 2.29. The molecule has 1 aliphatic heterocycles. The van der Waals surface area contributed by atoms with Gasteiger partial charge in [-0.1, -0.05) is 48.0 Å². The lowest BCUT2D eigenvalue weighted by Crippen LogP contribution is -2.33. The summed E-state index contributed by atoms with van der Waals surface area (Å²) in [6.07, 6.45) is 0.609. The van der Waals surface area contributed by atoms with E-state index in [2.05, 4.69) is 22.3 Å². The van der Waals surface area contributed by atoms with E-state index in [1.807, 2.05) is 49.4 Å². The predicted octanol–water partition coefficient (Wildman–Crippen LogP) is 4.27. The molecule has 0 radical (unpaired) electrons. The Bertz CT molecular complexity index is 992. The Hall–Kier alpha value is -2.31. The highest BCUT2D eigenvalue weighted by molar-refractivity contribution is 6.31. The minimum absolute atomic E-state index is 0.0916. The molecule has 6 heteroatoms. The van der Waals surface area contributed by atoms with Crippen molar-refractivity contribution < 1.29 is 14.9 Å².